The molecule has 172 valence electrons. The molecular formula is C21H34O8S. The number of aliphatic hydroxyl groups is 2. The molecule has 0 radical (unpaired) electrons. The fourth-order valence-electron chi connectivity index (χ4n) is 4.22. The van der Waals surface area contributed by atoms with Gasteiger partial charge in [0.1, 0.15) is 28.0 Å². The Morgan fingerprint density at radius 1 is 0.867 bits per heavy atom. The standard InChI is InChI=1S/C21H34O8S/c1-15-9-11-16(12-10-15)30(24,25)29-21(6)18(3,14-27-8)28-17(2,13-26-7)19(4,22)20(21,5)23/h9-12,22-23H,13-14H2,1-8H3. The van der Waals surface area contributed by atoms with Crippen molar-refractivity contribution < 1.29 is 37.0 Å². The molecule has 1 aromatic rings. The van der Waals surface area contributed by atoms with Crippen LogP contribution in [-0.4, -0.2) is 74.1 Å². The Morgan fingerprint density at radius 2 is 1.33 bits per heavy atom. The van der Waals surface area contributed by atoms with Gasteiger partial charge in [-0.1, -0.05) is 17.7 Å². The zero-order valence-electron chi connectivity index (χ0n) is 19.0. The van der Waals surface area contributed by atoms with Crippen molar-refractivity contribution in [2.24, 2.45) is 0 Å². The average molecular weight is 447 g/mol. The predicted molar refractivity (Wildman–Crippen MR) is 111 cm³/mol. The Balaban J connectivity index is 2.68. The first-order chi connectivity index (χ1) is 13.5. The third kappa shape index (κ3) is 3.60. The van der Waals surface area contributed by atoms with Gasteiger partial charge in [0.15, 0.2) is 0 Å². The van der Waals surface area contributed by atoms with Crippen molar-refractivity contribution in [3.63, 3.8) is 0 Å². The van der Waals surface area contributed by atoms with Crippen LogP contribution in [0.15, 0.2) is 29.2 Å². The normalized spacial score (nSPS) is 39.8. The summed E-state index contributed by atoms with van der Waals surface area (Å²) in [5.74, 6) is 0. The highest BCUT2D eigenvalue weighted by molar-refractivity contribution is 7.86. The summed E-state index contributed by atoms with van der Waals surface area (Å²) in [6.07, 6.45) is 0. The largest absolute Gasteiger partial charge is 0.384 e. The van der Waals surface area contributed by atoms with Crippen LogP contribution in [0.3, 0.4) is 0 Å². The second-order valence-corrected chi connectivity index (χ2v) is 10.5. The van der Waals surface area contributed by atoms with Crippen molar-refractivity contribution in [2.75, 3.05) is 27.4 Å². The molecule has 1 aliphatic heterocycles. The second-order valence-electron chi connectivity index (χ2n) is 8.96. The maximum absolute atomic E-state index is 13.2. The molecule has 1 heterocycles. The molecule has 0 amide bonds. The van der Waals surface area contributed by atoms with Crippen molar-refractivity contribution in [3.05, 3.63) is 29.8 Å². The topological polar surface area (TPSA) is 112 Å². The first-order valence-corrected chi connectivity index (χ1v) is 11.1. The molecule has 1 saturated heterocycles. The molecule has 1 aromatic carbocycles. The fourth-order valence-corrected chi connectivity index (χ4v) is 5.56. The van der Waals surface area contributed by atoms with E-state index in [4.69, 9.17) is 18.4 Å². The van der Waals surface area contributed by atoms with Gasteiger partial charge in [0, 0.05) is 14.2 Å². The minimum absolute atomic E-state index is 0.0593. The van der Waals surface area contributed by atoms with Crippen LogP contribution in [0.5, 0.6) is 0 Å². The molecule has 0 aromatic heterocycles. The van der Waals surface area contributed by atoms with E-state index in [1.54, 1.807) is 26.0 Å². The summed E-state index contributed by atoms with van der Waals surface area (Å²) in [4.78, 5) is -0.0743. The zero-order chi connectivity index (χ0) is 23.2. The highest BCUT2D eigenvalue weighted by Crippen LogP contribution is 2.56. The zero-order valence-corrected chi connectivity index (χ0v) is 19.8. The Bertz CT molecular complexity index is 863. The van der Waals surface area contributed by atoms with Crippen LogP contribution in [-0.2, 0) is 28.5 Å². The van der Waals surface area contributed by atoms with Gasteiger partial charge in [0.05, 0.1) is 18.1 Å². The smallest absolute Gasteiger partial charge is 0.297 e. The number of ether oxygens (including phenoxy) is 3. The Hall–Kier alpha value is -1.07. The van der Waals surface area contributed by atoms with Crippen molar-refractivity contribution in [3.8, 4) is 0 Å². The Morgan fingerprint density at radius 3 is 1.80 bits per heavy atom. The van der Waals surface area contributed by atoms with Gasteiger partial charge in [0.25, 0.3) is 10.1 Å². The average Bonchev–Trinajstić information content (AvgIpc) is 2.60. The van der Waals surface area contributed by atoms with Gasteiger partial charge in [-0.3, -0.25) is 4.18 Å². The van der Waals surface area contributed by atoms with Gasteiger partial charge in [0.2, 0.25) is 0 Å². The number of aryl methyl sites for hydroxylation is 1. The summed E-state index contributed by atoms with van der Waals surface area (Å²) >= 11 is 0. The molecule has 5 unspecified atom stereocenters. The Labute approximate surface area is 179 Å². The molecule has 8 nitrogen and oxygen atoms in total. The van der Waals surface area contributed by atoms with Crippen LogP contribution in [0.1, 0.15) is 40.2 Å². The summed E-state index contributed by atoms with van der Waals surface area (Å²) in [5.41, 5.74) is -7.97. The summed E-state index contributed by atoms with van der Waals surface area (Å²) < 4.78 is 48.8. The number of rotatable bonds is 7. The Kier molecular flexibility index (Phi) is 6.56. The van der Waals surface area contributed by atoms with Crippen LogP contribution in [0, 0.1) is 6.92 Å². The van der Waals surface area contributed by atoms with Gasteiger partial charge in [-0.25, -0.2) is 0 Å². The SMILES string of the molecule is COCC1(C)OC(C)(COC)C(C)(OS(=O)(=O)c2ccc(C)cc2)C(C)(O)C1(C)O. The van der Waals surface area contributed by atoms with Gasteiger partial charge < -0.3 is 24.4 Å². The van der Waals surface area contributed by atoms with Crippen LogP contribution in [0.4, 0.5) is 0 Å². The van der Waals surface area contributed by atoms with Gasteiger partial charge in [-0.05, 0) is 53.7 Å². The van der Waals surface area contributed by atoms with E-state index in [1.165, 1.54) is 47.1 Å². The van der Waals surface area contributed by atoms with E-state index in [0.717, 1.165) is 5.56 Å². The lowest BCUT2D eigenvalue weighted by atomic mass is 9.58. The number of methoxy groups -OCH3 is 2. The van der Waals surface area contributed by atoms with Crippen molar-refractivity contribution in [1.29, 1.82) is 0 Å². The van der Waals surface area contributed by atoms with Gasteiger partial charge >= 0.3 is 0 Å². The lowest BCUT2D eigenvalue weighted by molar-refractivity contribution is -0.400. The molecular weight excluding hydrogens is 412 g/mol. The monoisotopic (exact) mass is 446 g/mol. The number of hydrogen-bond donors (Lipinski definition) is 2. The van der Waals surface area contributed by atoms with E-state index >= 15 is 0 Å². The quantitative estimate of drug-likeness (QED) is 0.610. The van der Waals surface area contributed by atoms with Crippen LogP contribution >= 0.6 is 0 Å². The molecule has 0 bridgehead atoms. The summed E-state index contributed by atoms with van der Waals surface area (Å²) in [6.45, 7) is 8.95. The molecule has 2 rings (SSSR count). The number of benzene rings is 1. The van der Waals surface area contributed by atoms with Crippen LogP contribution in [0.25, 0.3) is 0 Å². The van der Waals surface area contributed by atoms with Gasteiger partial charge in [-0.15, -0.1) is 0 Å². The maximum atomic E-state index is 13.2. The van der Waals surface area contributed by atoms with Crippen molar-refractivity contribution in [2.45, 2.75) is 74.4 Å². The minimum atomic E-state index is -4.33. The van der Waals surface area contributed by atoms with E-state index in [0.29, 0.717) is 0 Å². The summed E-state index contributed by atoms with van der Waals surface area (Å²) in [5, 5.41) is 23.1. The molecule has 0 aliphatic carbocycles. The fraction of sp³-hybridized carbons (Fsp3) is 0.714. The molecule has 2 N–H and O–H groups in total. The first kappa shape index (κ1) is 25.2. The lowest BCUT2D eigenvalue weighted by Crippen LogP contribution is -2.85. The van der Waals surface area contributed by atoms with Crippen molar-refractivity contribution in [1.82, 2.24) is 0 Å². The number of hydrogen-bond acceptors (Lipinski definition) is 8. The maximum Gasteiger partial charge on any atom is 0.297 e. The molecule has 0 spiro atoms. The van der Waals surface area contributed by atoms with E-state index in [2.05, 4.69) is 0 Å². The molecule has 9 heteroatoms. The second kappa shape index (κ2) is 7.81. The van der Waals surface area contributed by atoms with Gasteiger partial charge in [-0.2, -0.15) is 8.42 Å². The van der Waals surface area contributed by atoms with Crippen molar-refractivity contribution >= 4 is 10.1 Å². The van der Waals surface area contributed by atoms with Crippen LogP contribution < -0.4 is 0 Å². The molecule has 1 aliphatic rings. The third-order valence-corrected chi connectivity index (χ3v) is 8.19. The van der Waals surface area contributed by atoms with E-state index < -0.39 is 38.1 Å². The minimum Gasteiger partial charge on any atom is -0.384 e. The van der Waals surface area contributed by atoms with Crippen LogP contribution in [0.2, 0.25) is 0 Å². The van der Waals surface area contributed by atoms with E-state index in [-0.39, 0.29) is 18.1 Å². The molecule has 0 saturated carbocycles. The highest BCUT2D eigenvalue weighted by Gasteiger charge is 2.76. The summed E-state index contributed by atoms with van der Waals surface area (Å²) in [7, 11) is -1.46. The lowest BCUT2D eigenvalue weighted by Gasteiger charge is -2.66. The molecule has 5 atom stereocenters. The van der Waals surface area contributed by atoms with E-state index in [9.17, 15) is 18.6 Å². The first-order valence-electron chi connectivity index (χ1n) is 9.69. The third-order valence-electron chi connectivity index (χ3n) is 6.79. The molecule has 1 fully saturated rings. The predicted octanol–water partition coefficient (Wildman–Crippen LogP) is 1.80. The molecule has 30 heavy (non-hydrogen) atoms. The summed E-state index contributed by atoms with van der Waals surface area (Å²) in [6, 6.07) is 6.14. The van der Waals surface area contributed by atoms with E-state index in [1.807, 2.05) is 6.92 Å². The highest BCUT2D eigenvalue weighted by atomic mass is 32.2.